The summed E-state index contributed by atoms with van der Waals surface area (Å²) < 4.78 is 76.7. The average molecular weight is 330 g/mol. The Morgan fingerprint density at radius 2 is 1.65 bits per heavy atom. The lowest BCUT2D eigenvalue weighted by atomic mass is 10.0. The normalized spacial score (nSPS) is 12.0. The second-order valence-electron chi connectivity index (χ2n) is 4.66. The molecule has 0 aliphatic heterocycles. The van der Waals surface area contributed by atoms with Gasteiger partial charge in [0.2, 0.25) is 0 Å². The molecule has 23 heavy (non-hydrogen) atoms. The van der Waals surface area contributed by atoms with Crippen LogP contribution >= 0.6 is 0 Å². The van der Waals surface area contributed by atoms with Gasteiger partial charge < -0.3 is 0 Å². The predicted octanol–water partition coefficient (Wildman–Crippen LogP) is 4.85. The molecule has 0 N–H and O–H groups in total. The van der Waals surface area contributed by atoms with Gasteiger partial charge in [0.1, 0.15) is 5.69 Å². The molecule has 2 nitrogen and oxygen atoms in total. The zero-order chi connectivity index (χ0) is 17.3. The Kier molecular flexibility index (Phi) is 4.32. The van der Waals surface area contributed by atoms with Crippen LogP contribution in [0, 0.1) is 11.3 Å². The van der Waals surface area contributed by atoms with Crippen molar-refractivity contribution < 1.29 is 26.3 Å². The van der Waals surface area contributed by atoms with Gasteiger partial charge in [0.15, 0.2) is 0 Å². The van der Waals surface area contributed by atoms with E-state index in [9.17, 15) is 26.3 Å². The minimum Gasteiger partial charge on any atom is -0.243 e. The summed E-state index contributed by atoms with van der Waals surface area (Å²) in [6.07, 6.45) is -9.69. The monoisotopic (exact) mass is 330 g/mol. The number of benzene rings is 1. The van der Waals surface area contributed by atoms with E-state index in [1.807, 2.05) is 0 Å². The maximum absolute atomic E-state index is 12.8. The topological polar surface area (TPSA) is 36.7 Å². The molecule has 0 unspecified atom stereocenters. The van der Waals surface area contributed by atoms with Crippen LogP contribution in [0.1, 0.15) is 16.8 Å². The summed E-state index contributed by atoms with van der Waals surface area (Å²) in [4.78, 5) is 3.38. The van der Waals surface area contributed by atoms with E-state index in [1.54, 1.807) is 6.07 Å². The third-order valence-electron chi connectivity index (χ3n) is 2.94. The third-order valence-corrected chi connectivity index (χ3v) is 2.94. The second-order valence-corrected chi connectivity index (χ2v) is 4.66. The Bertz CT molecular complexity index is 756. The Labute approximate surface area is 127 Å². The SMILES string of the molecule is N#CCc1cc(-c2cccc(C(F)(F)F)c2)nc(C(F)(F)F)c1. The van der Waals surface area contributed by atoms with Gasteiger partial charge in [-0.05, 0) is 29.8 Å². The minimum atomic E-state index is -4.76. The van der Waals surface area contributed by atoms with Crippen molar-refractivity contribution in [3.05, 3.63) is 53.2 Å². The maximum atomic E-state index is 12.8. The van der Waals surface area contributed by atoms with Crippen LogP contribution in [0.5, 0.6) is 0 Å². The molecule has 0 bridgehead atoms. The summed E-state index contributed by atoms with van der Waals surface area (Å²) in [5, 5.41) is 8.63. The number of halogens is 6. The molecule has 0 aliphatic rings. The highest BCUT2D eigenvalue weighted by molar-refractivity contribution is 5.61. The molecule has 0 aliphatic carbocycles. The molecule has 2 rings (SSSR count). The zero-order valence-corrected chi connectivity index (χ0v) is 11.3. The van der Waals surface area contributed by atoms with Crippen molar-refractivity contribution in [2.75, 3.05) is 0 Å². The van der Waals surface area contributed by atoms with E-state index in [2.05, 4.69) is 4.98 Å². The van der Waals surface area contributed by atoms with Crippen LogP contribution in [0.25, 0.3) is 11.3 Å². The van der Waals surface area contributed by atoms with Crippen LogP contribution in [0.4, 0.5) is 26.3 Å². The summed E-state index contributed by atoms with van der Waals surface area (Å²) in [6, 6.07) is 7.44. The number of pyridine rings is 1. The molecule has 2 aromatic rings. The standard InChI is InChI=1S/C15H8F6N2/c16-14(17,18)11-3-1-2-10(8-11)12-6-9(4-5-22)7-13(23-12)15(19,20)21/h1-3,6-8H,4H2. The fourth-order valence-corrected chi connectivity index (χ4v) is 1.93. The number of hydrogen-bond acceptors (Lipinski definition) is 2. The number of aromatic nitrogens is 1. The van der Waals surface area contributed by atoms with E-state index in [0.29, 0.717) is 6.07 Å². The van der Waals surface area contributed by atoms with Crippen molar-refractivity contribution in [3.8, 4) is 17.3 Å². The van der Waals surface area contributed by atoms with Crippen LogP contribution in [-0.2, 0) is 18.8 Å². The zero-order valence-electron chi connectivity index (χ0n) is 11.3. The molecule has 0 fully saturated rings. The van der Waals surface area contributed by atoms with Crippen LogP contribution in [-0.4, -0.2) is 4.98 Å². The predicted molar refractivity (Wildman–Crippen MR) is 69.0 cm³/mol. The minimum absolute atomic E-state index is 0.0298. The van der Waals surface area contributed by atoms with E-state index in [0.717, 1.165) is 18.2 Å². The molecule has 0 spiro atoms. The molecular formula is C15H8F6N2. The molecule has 0 atom stereocenters. The fraction of sp³-hybridized carbons (Fsp3) is 0.200. The number of alkyl halides is 6. The van der Waals surface area contributed by atoms with E-state index in [4.69, 9.17) is 5.26 Å². The quantitative estimate of drug-likeness (QED) is 0.738. The third kappa shape index (κ3) is 4.00. The molecule has 0 radical (unpaired) electrons. The molecule has 0 saturated heterocycles. The highest BCUT2D eigenvalue weighted by atomic mass is 19.4. The molecule has 1 aromatic carbocycles. The summed E-state index contributed by atoms with van der Waals surface area (Å²) in [6.45, 7) is 0. The van der Waals surface area contributed by atoms with E-state index >= 15 is 0 Å². The number of rotatable bonds is 2. The Morgan fingerprint density at radius 1 is 0.957 bits per heavy atom. The fourth-order valence-electron chi connectivity index (χ4n) is 1.93. The first-order chi connectivity index (χ1) is 10.6. The average Bonchev–Trinajstić information content (AvgIpc) is 2.46. The maximum Gasteiger partial charge on any atom is 0.433 e. The Balaban J connectivity index is 2.59. The van der Waals surface area contributed by atoms with E-state index < -0.39 is 23.6 Å². The number of hydrogen-bond donors (Lipinski definition) is 0. The van der Waals surface area contributed by atoms with Crippen molar-refractivity contribution in [1.29, 1.82) is 5.26 Å². The van der Waals surface area contributed by atoms with Crippen molar-refractivity contribution in [1.82, 2.24) is 4.98 Å². The first-order valence-corrected chi connectivity index (χ1v) is 6.24. The van der Waals surface area contributed by atoms with Crippen LogP contribution in [0.2, 0.25) is 0 Å². The lowest BCUT2D eigenvalue weighted by Gasteiger charge is -2.12. The first-order valence-electron chi connectivity index (χ1n) is 6.24. The van der Waals surface area contributed by atoms with Crippen molar-refractivity contribution >= 4 is 0 Å². The molecule has 8 heteroatoms. The van der Waals surface area contributed by atoms with Crippen LogP contribution in [0.15, 0.2) is 36.4 Å². The van der Waals surface area contributed by atoms with Gasteiger partial charge >= 0.3 is 12.4 Å². The summed E-state index contributed by atoms with van der Waals surface area (Å²) in [5.41, 5.74) is -2.59. The highest BCUT2D eigenvalue weighted by Gasteiger charge is 2.34. The molecule has 1 heterocycles. The molecule has 0 amide bonds. The largest absolute Gasteiger partial charge is 0.433 e. The van der Waals surface area contributed by atoms with Crippen molar-refractivity contribution in [3.63, 3.8) is 0 Å². The van der Waals surface area contributed by atoms with Crippen molar-refractivity contribution in [2.24, 2.45) is 0 Å². The second kappa shape index (κ2) is 5.91. The molecule has 120 valence electrons. The van der Waals surface area contributed by atoms with Gasteiger partial charge in [-0.3, -0.25) is 0 Å². The summed E-state index contributed by atoms with van der Waals surface area (Å²) in [5.74, 6) is 0. The smallest absolute Gasteiger partial charge is 0.243 e. The van der Waals surface area contributed by atoms with E-state index in [1.165, 1.54) is 12.1 Å². The van der Waals surface area contributed by atoms with Crippen molar-refractivity contribution in [2.45, 2.75) is 18.8 Å². The van der Waals surface area contributed by atoms with Gasteiger partial charge in [0.05, 0.1) is 23.7 Å². The van der Waals surface area contributed by atoms with Gasteiger partial charge in [0.25, 0.3) is 0 Å². The van der Waals surface area contributed by atoms with Gasteiger partial charge in [-0.2, -0.15) is 31.6 Å². The van der Waals surface area contributed by atoms with Crippen LogP contribution < -0.4 is 0 Å². The molecule has 1 aromatic heterocycles. The molecule has 0 saturated carbocycles. The number of nitrogens with zero attached hydrogens (tertiary/aromatic N) is 2. The lowest BCUT2D eigenvalue weighted by Crippen LogP contribution is -2.10. The summed E-state index contributed by atoms with van der Waals surface area (Å²) in [7, 11) is 0. The lowest BCUT2D eigenvalue weighted by molar-refractivity contribution is -0.141. The van der Waals surface area contributed by atoms with Gasteiger partial charge in [-0.25, -0.2) is 4.98 Å². The van der Waals surface area contributed by atoms with Gasteiger partial charge in [0, 0.05) is 5.56 Å². The summed E-state index contributed by atoms with van der Waals surface area (Å²) >= 11 is 0. The highest BCUT2D eigenvalue weighted by Crippen LogP contribution is 2.34. The van der Waals surface area contributed by atoms with E-state index in [-0.39, 0.29) is 23.2 Å². The first kappa shape index (κ1) is 16.8. The Hall–Kier alpha value is -2.56. The molecular weight excluding hydrogens is 322 g/mol. The van der Waals surface area contributed by atoms with Gasteiger partial charge in [-0.1, -0.05) is 12.1 Å². The number of nitriles is 1. The van der Waals surface area contributed by atoms with Gasteiger partial charge in [-0.15, -0.1) is 0 Å². The van der Waals surface area contributed by atoms with Crippen LogP contribution in [0.3, 0.4) is 0 Å². The Morgan fingerprint density at radius 3 is 2.22 bits per heavy atom.